The topological polar surface area (TPSA) is 73.2 Å². The summed E-state index contributed by atoms with van der Waals surface area (Å²) in [6.07, 6.45) is 0. The Morgan fingerprint density at radius 2 is 2.00 bits per heavy atom. The molecule has 2 rings (SSSR count). The number of para-hydroxylation sites is 2. The number of carbonyl (C=O) groups is 1. The van der Waals surface area contributed by atoms with E-state index < -0.39 is 6.04 Å². The average molecular weight is 287 g/mol. The highest BCUT2D eigenvalue weighted by atomic mass is 16.5. The molecule has 1 amide bonds. The second kappa shape index (κ2) is 6.21. The summed E-state index contributed by atoms with van der Waals surface area (Å²) < 4.78 is 6.34. The van der Waals surface area contributed by atoms with Crippen molar-refractivity contribution in [3.8, 4) is 5.75 Å². The van der Waals surface area contributed by atoms with Crippen molar-refractivity contribution in [3.05, 3.63) is 52.4 Å². The molecule has 0 aliphatic carbocycles. The van der Waals surface area contributed by atoms with Crippen LogP contribution >= 0.6 is 0 Å². The van der Waals surface area contributed by atoms with Gasteiger partial charge in [-0.25, -0.2) is 4.68 Å². The quantitative estimate of drug-likeness (QED) is 0.930. The first-order chi connectivity index (χ1) is 10.0. The Kier molecular flexibility index (Phi) is 4.37. The Morgan fingerprint density at radius 1 is 1.29 bits per heavy atom. The molecule has 0 radical (unpaired) electrons. The van der Waals surface area contributed by atoms with Crippen LogP contribution in [0.25, 0.3) is 0 Å². The zero-order valence-electron chi connectivity index (χ0n) is 12.2. The number of anilines is 1. The number of ether oxygens (including phenoxy) is 1. The number of nitrogens with zero attached hydrogens (tertiary/aromatic N) is 2. The van der Waals surface area contributed by atoms with Crippen LogP contribution in [0.2, 0.25) is 0 Å². The smallest absolute Gasteiger partial charge is 0.267 e. The number of aromatic nitrogens is 2. The Bertz CT molecular complexity index is 709. The molecule has 0 saturated carbocycles. The van der Waals surface area contributed by atoms with Crippen molar-refractivity contribution in [1.82, 2.24) is 9.78 Å². The van der Waals surface area contributed by atoms with Crippen molar-refractivity contribution in [1.29, 1.82) is 0 Å². The molecule has 1 aromatic heterocycles. The first-order valence-electron chi connectivity index (χ1n) is 6.53. The van der Waals surface area contributed by atoms with Gasteiger partial charge >= 0.3 is 0 Å². The molecule has 6 nitrogen and oxygen atoms in total. The van der Waals surface area contributed by atoms with Gasteiger partial charge < -0.3 is 10.1 Å². The van der Waals surface area contributed by atoms with Gasteiger partial charge in [-0.1, -0.05) is 12.1 Å². The zero-order valence-corrected chi connectivity index (χ0v) is 12.2. The number of amides is 1. The molecule has 1 heterocycles. The number of benzene rings is 1. The highest BCUT2D eigenvalue weighted by molar-refractivity contribution is 5.94. The SMILES string of the molecule is COc1ccccc1NC(=O)C(C)n1nc(C)ccc1=O. The Labute approximate surface area is 122 Å². The van der Waals surface area contributed by atoms with Gasteiger partial charge in [0, 0.05) is 6.07 Å². The number of carbonyl (C=O) groups excluding carboxylic acids is 1. The highest BCUT2D eigenvalue weighted by Crippen LogP contribution is 2.23. The number of rotatable bonds is 4. The van der Waals surface area contributed by atoms with Crippen molar-refractivity contribution in [2.24, 2.45) is 0 Å². The second-order valence-corrected chi connectivity index (χ2v) is 4.62. The number of aryl methyl sites for hydroxylation is 1. The number of hydrogen-bond acceptors (Lipinski definition) is 4. The summed E-state index contributed by atoms with van der Waals surface area (Å²) >= 11 is 0. The monoisotopic (exact) mass is 287 g/mol. The van der Waals surface area contributed by atoms with E-state index in [2.05, 4.69) is 10.4 Å². The van der Waals surface area contributed by atoms with Crippen LogP contribution in [-0.2, 0) is 4.79 Å². The van der Waals surface area contributed by atoms with Crippen molar-refractivity contribution in [2.75, 3.05) is 12.4 Å². The van der Waals surface area contributed by atoms with E-state index in [1.54, 1.807) is 38.1 Å². The van der Waals surface area contributed by atoms with Gasteiger partial charge in [0.25, 0.3) is 5.56 Å². The lowest BCUT2D eigenvalue weighted by atomic mass is 10.2. The molecule has 1 aromatic carbocycles. The molecule has 1 atom stereocenters. The lowest BCUT2D eigenvalue weighted by Crippen LogP contribution is -2.33. The van der Waals surface area contributed by atoms with Crippen LogP contribution < -0.4 is 15.6 Å². The Balaban J connectivity index is 2.24. The van der Waals surface area contributed by atoms with Gasteiger partial charge in [-0.05, 0) is 32.0 Å². The maximum atomic E-state index is 12.3. The third-order valence-corrected chi connectivity index (χ3v) is 3.07. The van der Waals surface area contributed by atoms with Gasteiger partial charge in [-0.15, -0.1) is 0 Å². The summed E-state index contributed by atoms with van der Waals surface area (Å²) in [5.74, 6) is 0.224. The van der Waals surface area contributed by atoms with Gasteiger partial charge in [0.05, 0.1) is 18.5 Å². The van der Waals surface area contributed by atoms with Crippen molar-refractivity contribution in [3.63, 3.8) is 0 Å². The predicted octanol–water partition coefficient (Wildman–Crippen LogP) is 1.76. The molecule has 1 unspecified atom stereocenters. The minimum atomic E-state index is -0.720. The first-order valence-corrected chi connectivity index (χ1v) is 6.53. The van der Waals surface area contributed by atoms with E-state index in [1.165, 1.54) is 17.9 Å². The maximum Gasteiger partial charge on any atom is 0.267 e. The van der Waals surface area contributed by atoms with Crippen LogP contribution in [0.15, 0.2) is 41.2 Å². The van der Waals surface area contributed by atoms with E-state index in [9.17, 15) is 9.59 Å². The minimum absolute atomic E-state index is 0.316. The summed E-state index contributed by atoms with van der Waals surface area (Å²) in [7, 11) is 1.53. The van der Waals surface area contributed by atoms with Crippen molar-refractivity contribution < 1.29 is 9.53 Å². The molecule has 0 aliphatic heterocycles. The van der Waals surface area contributed by atoms with E-state index in [0.29, 0.717) is 17.1 Å². The summed E-state index contributed by atoms with van der Waals surface area (Å²) in [5, 5.41) is 6.83. The second-order valence-electron chi connectivity index (χ2n) is 4.62. The molecule has 0 bridgehead atoms. The lowest BCUT2D eigenvalue weighted by Gasteiger charge is -2.15. The molecule has 110 valence electrons. The highest BCUT2D eigenvalue weighted by Gasteiger charge is 2.18. The molecule has 6 heteroatoms. The van der Waals surface area contributed by atoms with E-state index >= 15 is 0 Å². The van der Waals surface area contributed by atoms with Crippen molar-refractivity contribution >= 4 is 11.6 Å². The van der Waals surface area contributed by atoms with Gasteiger partial charge in [0.15, 0.2) is 0 Å². The molecule has 0 fully saturated rings. The maximum absolute atomic E-state index is 12.3. The average Bonchev–Trinajstić information content (AvgIpc) is 2.49. The fraction of sp³-hybridized carbons (Fsp3) is 0.267. The predicted molar refractivity (Wildman–Crippen MR) is 79.6 cm³/mol. The minimum Gasteiger partial charge on any atom is -0.495 e. The van der Waals surface area contributed by atoms with Crippen LogP contribution in [0, 0.1) is 6.92 Å². The zero-order chi connectivity index (χ0) is 15.4. The fourth-order valence-electron chi connectivity index (χ4n) is 1.89. The van der Waals surface area contributed by atoms with E-state index in [0.717, 1.165) is 0 Å². The van der Waals surface area contributed by atoms with Crippen molar-refractivity contribution in [2.45, 2.75) is 19.9 Å². The molecule has 1 N–H and O–H groups in total. The third-order valence-electron chi connectivity index (χ3n) is 3.07. The lowest BCUT2D eigenvalue weighted by molar-refractivity contribution is -0.119. The Hall–Kier alpha value is -2.63. The molecular weight excluding hydrogens is 270 g/mol. The third kappa shape index (κ3) is 3.28. The largest absolute Gasteiger partial charge is 0.495 e. The molecule has 2 aromatic rings. The number of nitrogens with one attached hydrogen (secondary N) is 1. The fourth-order valence-corrected chi connectivity index (χ4v) is 1.89. The standard InChI is InChI=1S/C15H17N3O3/c1-10-8-9-14(19)18(17-10)11(2)15(20)16-12-6-4-5-7-13(12)21-3/h4-9,11H,1-3H3,(H,16,20). The first kappa shape index (κ1) is 14.8. The Morgan fingerprint density at radius 3 is 2.71 bits per heavy atom. The normalized spacial score (nSPS) is 11.8. The molecule has 0 saturated heterocycles. The van der Waals surface area contributed by atoms with E-state index in [1.807, 2.05) is 6.07 Å². The van der Waals surface area contributed by atoms with Crippen LogP contribution in [0.5, 0.6) is 5.75 Å². The van der Waals surface area contributed by atoms with Gasteiger partial charge in [0.1, 0.15) is 11.8 Å². The number of methoxy groups -OCH3 is 1. The summed E-state index contributed by atoms with van der Waals surface area (Å²) in [6, 6.07) is 9.37. The van der Waals surface area contributed by atoms with E-state index in [-0.39, 0.29) is 11.5 Å². The van der Waals surface area contributed by atoms with Crippen LogP contribution in [-0.4, -0.2) is 22.8 Å². The van der Waals surface area contributed by atoms with Crippen LogP contribution in [0.4, 0.5) is 5.69 Å². The summed E-state index contributed by atoms with van der Waals surface area (Å²) in [4.78, 5) is 24.1. The summed E-state index contributed by atoms with van der Waals surface area (Å²) in [6.45, 7) is 3.39. The number of hydrogen-bond donors (Lipinski definition) is 1. The molecule has 0 aliphatic rings. The van der Waals surface area contributed by atoms with Gasteiger partial charge in [-0.2, -0.15) is 5.10 Å². The molecule has 21 heavy (non-hydrogen) atoms. The van der Waals surface area contributed by atoms with Gasteiger partial charge in [-0.3, -0.25) is 9.59 Å². The van der Waals surface area contributed by atoms with E-state index in [4.69, 9.17) is 4.74 Å². The molecular formula is C15H17N3O3. The van der Waals surface area contributed by atoms with Crippen LogP contribution in [0.3, 0.4) is 0 Å². The summed E-state index contributed by atoms with van der Waals surface area (Å²) in [5.41, 5.74) is 0.910. The molecule has 0 spiro atoms. The van der Waals surface area contributed by atoms with Gasteiger partial charge in [0.2, 0.25) is 5.91 Å². The van der Waals surface area contributed by atoms with Crippen LogP contribution in [0.1, 0.15) is 18.7 Å².